The SMILES string of the molecule is CC(C)(C)C(=O)ON1CCC(Oc2cccc([N+](=O)[O-])c2)CC1. The molecule has 0 bridgehead atoms. The smallest absolute Gasteiger partial charge is 0.330 e. The highest BCUT2D eigenvalue weighted by molar-refractivity contribution is 5.75. The van der Waals surface area contributed by atoms with Crippen LogP contribution in [-0.4, -0.2) is 35.1 Å². The van der Waals surface area contributed by atoms with Gasteiger partial charge in [0.2, 0.25) is 0 Å². The minimum atomic E-state index is -0.531. The van der Waals surface area contributed by atoms with Gasteiger partial charge < -0.3 is 9.57 Å². The first-order valence-corrected chi connectivity index (χ1v) is 7.64. The number of non-ortho nitro benzene ring substituents is 1. The molecule has 0 aliphatic carbocycles. The van der Waals surface area contributed by atoms with Crippen LogP contribution in [0, 0.1) is 15.5 Å². The van der Waals surface area contributed by atoms with Crippen LogP contribution in [0.25, 0.3) is 0 Å². The molecule has 7 heteroatoms. The lowest BCUT2D eigenvalue weighted by Crippen LogP contribution is -2.41. The molecule has 126 valence electrons. The molecule has 0 aromatic heterocycles. The second kappa shape index (κ2) is 6.95. The summed E-state index contributed by atoms with van der Waals surface area (Å²) in [4.78, 5) is 27.5. The zero-order valence-corrected chi connectivity index (χ0v) is 13.7. The number of nitro benzene ring substituents is 1. The first-order valence-electron chi connectivity index (χ1n) is 7.64. The number of carbonyl (C=O) groups excluding carboxylic acids is 1. The van der Waals surface area contributed by atoms with Crippen molar-refractivity contribution in [1.29, 1.82) is 0 Å². The Morgan fingerprint density at radius 2 is 1.96 bits per heavy atom. The molecule has 1 aromatic carbocycles. The van der Waals surface area contributed by atoms with Crippen molar-refractivity contribution in [3.63, 3.8) is 0 Å². The number of ether oxygens (including phenoxy) is 1. The van der Waals surface area contributed by atoms with Crippen LogP contribution in [0.1, 0.15) is 33.6 Å². The number of nitrogens with zero attached hydrogens (tertiary/aromatic N) is 2. The summed E-state index contributed by atoms with van der Waals surface area (Å²) in [5.41, 5.74) is -0.518. The van der Waals surface area contributed by atoms with Crippen molar-refractivity contribution < 1.29 is 19.3 Å². The van der Waals surface area contributed by atoms with Crippen molar-refractivity contribution in [3.05, 3.63) is 34.4 Å². The van der Waals surface area contributed by atoms with Gasteiger partial charge in [-0.05, 0) is 26.8 Å². The van der Waals surface area contributed by atoms with E-state index >= 15 is 0 Å². The summed E-state index contributed by atoms with van der Waals surface area (Å²) >= 11 is 0. The Bertz CT molecular complexity index is 574. The van der Waals surface area contributed by atoms with Crippen LogP contribution in [0.4, 0.5) is 5.69 Å². The maximum Gasteiger partial charge on any atom is 0.330 e. The minimum Gasteiger partial charge on any atom is -0.490 e. The highest BCUT2D eigenvalue weighted by Gasteiger charge is 2.29. The zero-order chi connectivity index (χ0) is 17.0. The normalized spacial score (nSPS) is 16.8. The summed E-state index contributed by atoms with van der Waals surface area (Å²) in [7, 11) is 0. The Kier molecular flexibility index (Phi) is 5.20. The molecular weight excluding hydrogens is 300 g/mol. The highest BCUT2D eigenvalue weighted by Crippen LogP contribution is 2.24. The molecule has 23 heavy (non-hydrogen) atoms. The van der Waals surface area contributed by atoms with Crippen molar-refractivity contribution >= 4 is 11.7 Å². The Hall–Kier alpha value is -2.15. The van der Waals surface area contributed by atoms with Crippen LogP contribution >= 0.6 is 0 Å². The molecule has 0 atom stereocenters. The molecule has 1 heterocycles. The van der Waals surface area contributed by atoms with Crippen molar-refractivity contribution in [2.24, 2.45) is 5.41 Å². The number of hydrogen-bond acceptors (Lipinski definition) is 6. The van der Waals surface area contributed by atoms with Crippen molar-refractivity contribution in [2.75, 3.05) is 13.1 Å². The predicted molar refractivity (Wildman–Crippen MR) is 83.9 cm³/mol. The lowest BCUT2D eigenvalue weighted by atomic mass is 9.98. The van der Waals surface area contributed by atoms with Gasteiger partial charge in [-0.3, -0.25) is 10.1 Å². The van der Waals surface area contributed by atoms with Crippen LogP contribution in [0.2, 0.25) is 0 Å². The van der Waals surface area contributed by atoms with E-state index in [4.69, 9.17) is 9.57 Å². The van der Waals surface area contributed by atoms with E-state index in [9.17, 15) is 14.9 Å². The average molecular weight is 322 g/mol. The van der Waals surface area contributed by atoms with Crippen LogP contribution in [0.5, 0.6) is 5.75 Å². The summed E-state index contributed by atoms with van der Waals surface area (Å²) in [5, 5.41) is 12.4. The van der Waals surface area contributed by atoms with E-state index in [1.807, 2.05) is 20.8 Å². The van der Waals surface area contributed by atoms with E-state index in [1.165, 1.54) is 12.1 Å². The number of hydrogen-bond donors (Lipinski definition) is 0. The second-order valence-corrected chi connectivity index (χ2v) is 6.63. The van der Waals surface area contributed by atoms with Gasteiger partial charge in [-0.1, -0.05) is 6.07 Å². The fourth-order valence-electron chi connectivity index (χ4n) is 2.16. The summed E-state index contributed by atoms with van der Waals surface area (Å²) in [6.07, 6.45) is 1.35. The maximum absolute atomic E-state index is 11.8. The molecule has 1 aliphatic heterocycles. The summed E-state index contributed by atoms with van der Waals surface area (Å²) in [5.74, 6) is 0.236. The van der Waals surface area contributed by atoms with Crippen LogP contribution in [0.15, 0.2) is 24.3 Å². The van der Waals surface area contributed by atoms with Gasteiger partial charge in [0.1, 0.15) is 11.9 Å². The molecular formula is C16H22N2O5. The lowest BCUT2D eigenvalue weighted by molar-refractivity contribution is -0.385. The standard InChI is InChI=1S/C16H22N2O5/c1-16(2,3)15(19)23-17-9-7-13(8-10-17)22-14-6-4-5-12(11-14)18(20)21/h4-6,11,13H,7-10H2,1-3H3. The van der Waals surface area contributed by atoms with Crippen molar-refractivity contribution in [2.45, 2.75) is 39.7 Å². The van der Waals surface area contributed by atoms with Gasteiger partial charge in [-0.25, -0.2) is 4.79 Å². The zero-order valence-electron chi connectivity index (χ0n) is 13.7. The molecule has 1 aromatic rings. The molecule has 1 saturated heterocycles. The van der Waals surface area contributed by atoms with Gasteiger partial charge in [-0.2, -0.15) is 0 Å². The molecule has 0 radical (unpaired) electrons. The number of nitro groups is 1. The van der Waals surface area contributed by atoms with Gasteiger partial charge in [0.15, 0.2) is 0 Å². The first-order chi connectivity index (χ1) is 10.8. The van der Waals surface area contributed by atoms with Gasteiger partial charge in [0, 0.05) is 32.0 Å². The number of piperidine rings is 1. The average Bonchev–Trinajstić information content (AvgIpc) is 2.48. The molecule has 7 nitrogen and oxygen atoms in total. The Morgan fingerprint density at radius 3 is 2.52 bits per heavy atom. The third-order valence-corrected chi connectivity index (χ3v) is 3.56. The van der Waals surface area contributed by atoms with Crippen LogP contribution < -0.4 is 4.74 Å². The van der Waals surface area contributed by atoms with Gasteiger partial charge >= 0.3 is 5.97 Å². The molecule has 0 amide bonds. The van der Waals surface area contributed by atoms with Gasteiger partial charge in [0.25, 0.3) is 5.69 Å². The summed E-state index contributed by atoms with van der Waals surface area (Å²) in [6.45, 7) is 6.61. The fourth-order valence-corrected chi connectivity index (χ4v) is 2.16. The number of hydroxylamine groups is 2. The molecule has 1 fully saturated rings. The van der Waals surface area contributed by atoms with E-state index in [-0.39, 0.29) is 17.8 Å². The molecule has 0 spiro atoms. The van der Waals surface area contributed by atoms with Crippen LogP contribution in [-0.2, 0) is 9.63 Å². The Morgan fingerprint density at radius 1 is 1.30 bits per heavy atom. The van der Waals surface area contributed by atoms with Gasteiger partial charge in [0.05, 0.1) is 16.4 Å². The maximum atomic E-state index is 11.8. The van der Waals surface area contributed by atoms with Gasteiger partial charge in [-0.15, -0.1) is 5.06 Å². The summed E-state index contributed by atoms with van der Waals surface area (Å²) in [6, 6.07) is 6.17. The topological polar surface area (TPSA) is 81.9 Å². The first kappa shape index (κ1) is 17.2. The van der Waals surface area contributed by atoms with Crippen LogP contribution in [0.3, 0.4) is 0 Å². The quantitative estimate of drug-likeness (QED) is 0.626. The third kappa shape index (κ3) is 4.92. The predicted octanol–water partition coefficient (Wildman–Crippen LogP) is 2.94. The van der Waals surface area contributed by atoms with E-state index in [0.717, 1.165) is 0 Å². The lowest BCUT2D eigenvalue weighted by Gasteiger charge is -2.32. The minimum absolute atomic E-state index is 0.0130. The van der Waals surface area contributed by atoms with E-state index in [0.29, 0.717) is 31.7 Å². The molecule has 2 rings (SSSR count). The van der Waals surface area contributed by atoms with Crippen molar-refractivity contribution in [1.82, 2.24) is 5.06 Å². The highest BCUT2D eigenvalue weighted by atomic mass is 16.7. The number of carbonyl (C=O) groups is 1. The second-order valence-electron chi connectivity index (χ2n) is 6.63. The van der Waals surface area contributed by atoms with E-state index in [1.54, 1.807) is 17.2 Å². The van der Waals surface area contributed by atoms with E-state index in [2.05, 4.69) is 0 Å². The monoisotopic (exact) mass is 322 g/mol. The molecule has 1 aliphatic rings. The van der Waals surface area contributed by atoms with Crippen molar-refractivity contribution in [3.8, 4) is 5.75 Å². The van der Waals surface area contributed by atoms with E-state index < -0.39 is 10.3 Å². The largest absolute Gasteiger partial charge is 0.490 e. The molecule has 0 unspecified atom stereocenters. The Labute approximate surface area is 135 Å². The fraction of sp³-hybridized carbons (Fsp3) is 0.562. The Balaban J connectivity index is 1.84. The number of benzene rings is 1. The third-order valence-electron chi connectivity index (χ3n) is 3.56. The summed E-state index contributed by atoms with van der Waals surface area (Å²) < 4.78 is 5.80. The molecule has 0 N–H and O–H groups in total. The molecule has 0 saturated carbocycles. The number of rotatable bonds is 4.